The Kier molecular flexibility index (Phi) is 6.40. The zero-order valence-electron chi connectivity index (χ0n) is 18.4. The minimum atomic E-state index is -3.71. The van der Waals surface area contributed by atoms with Gasteiger partial charge in [0.2, 0.25) is 0 Å². The number of aliphatic hydroxyl groups is 2. The second-order valence-electron chi connectivity index (χ2n) is 8.37. The maximum atomic E-state index is 14.8. The van der Waals surface area contributed by atoms with Gasteiger partial charge < -0.3 is 20.4 Å². The molecule has 1 aliphatic rings. The number of aromatic nitrogens is 3. The first-order chi connectivity index (χ1) is 15.7. The predicted octanol–water partition coefficient (Wildman–Crippen LogP) is 3.52. The lowest BCUT2D eigenvalue weighted by atomic mass is 10.0. The van der Waals surface area contributed by atoms with E-state index in [1.54, 1.807) is 13.1 Å². The first-order valence-corrected chi connectivity index (χ1v) is 10.8. The third-order valence-corrected chi connectivity index (χ3v) is 6.01. The monoisotopic (exact) mass is 461 g/mol. The molecular weight excluding hydrogens is 435 g/mol. The quantitative estimate of drug-likeness (QED) is 0.517. The van der Waals surface area contributed by atoms with Gasteiger partial charge in [-0.15, -0.1) is 5.10 Å². The van der Waals surface area contributed by atoms with E-state index in [9.17, 15) is 23.4 Å². The number of nitrogens with zero attached hydrogens (tertiary/aromatic N) is 4. The zero-order valence-corrected chi connectivity index (χ0v) is 18.4. The van der Waals surface area contributed by atoms with Gasteiger partial charge in [0.15, 0.2) is 5.82 Å². The molecule has 1 aromatic carbocycles. The van der Waals surface area contributed by atoms with Crippen LogP contribution in [0.25, 0.3) is 10.9 Å². The Morgan fingerprint density at radius 3 is 2.67 bits per heavy atom. The van der Waals surface area contributed by atoms with Crippen molar-refractivity contribution in [3.05, 3.63) is 53.1 Å². The van der Waals surface area contributed by atoms with Crippen molar-refractivity contribution in [1.82, 2.24) is 15.2 Å². The van der Waals surface area contributed by atoms with Crippen molar-refractivity contribution in [2.75, 3.05) is 23.3 Å². The summed E-state index contributed by atoms with van der Waals surface area (Å²) in [5.41, 5.74) is 1.28. The molecule has 4 rings (SSSR count). The molecule has 176 valence electrons. The molecule has 0 spiro atoms. The molecule has 1 saturated heterocycles. The van der Waals surface area contributed by atoms with Gasteiger partial charge in [-0.2, -0.15) is 13.9 Å². The van der Waals surface area contributed by atoms with Crippen molar-refractivity contribution in [2.45, 2.75) is 51.4 Å². The van der Waals surface area contributed by atoms with Gasteiger partial charge in [0.25, 0.3) is 0 Å². The second kappa shape index (κ2) is 9.11. The fourth-order valence-corrected chi connectivity index (χ4v) is 3.95. The van der Waals surface area contributed by atoms with Crippen molar-refractivity contribution < 1.29 is 23.4 Å². The molecule has 0 bridgehead atoms. The van der Waals surface area contributed by atoms with Gasteiger partial charge in [0.1, 0.15) is 11.9 Å². The largest absolute Gasteiger partial charge is 0.393 e. The average molecular weight is 461 g/mol. The first-order valence-electron chi connectivity index (χ1n) is 10.8. The lowest BCUT2D eigenvalue weighted by Gasteiger charge is -2.31. The molecule has 0 saturated carbocycles. The SMILES string of the molecule is Cc1nnc(NCc2cccc(C(F)(F)C(C)O)c2F)c2cc(N3CCC(O)CC3)cnc12. The van der Waals surface area contributed by atoms with Crippen molar-refractivity contribution >= 4 is 22.4 Å². The van der Waals surface area contributed by atoms with Gasteiger partial charge in [-0.25, -0.2) is 4.39 Å². The molecule has 2 aromatic heterocycles. The van der Waals surface area contributed by atoms with E-state index >= 15 is 0 Å². The molecule has 0 amide bonds. The minimum absolute atomic E-state index is 0.0116. The number of anilines is 2. The van der Waals surface area contributed by atoms with E-state index in [1.165, 1.54) is 12.1 Å². The summed E-state index contributed by atoms with van der Waals surface area (Å²) in [6, 6.07) is 5.61. The first kappa shape index (κ1) is 23.2. The lowest BCUT2D eigenvalue weighted by molar-refractivity contribution is -0.108. The van der Waals surface area contributed by atoms with Crippen LogP contribution in [0, 0.1) is 12.7 Å². The molecule has 1 atom stereocenters. The number of benzene rings is 1. The van der Waals surface area contributed by atoms with Crippen LogP contribution in [0.3, 0.4) is 0 Å². The number of hydrogen-bond donors (Lipinski definition) is 3. The van der Waals surface area contributed by atoms with Gasteiger partial charge >= 0.3 is 5.92 Å². The van der Waals surface area contributed by atoms with Gasteiger partial charge in [-0.3, -0.25) is 4.98 Å². The summed E-state index contributed by atoms with van der Waals surface area (Å²) in [6.07, 6.45) is 0.765. The van der Waals surface area contributed by atoms with Crippen molar-refractivity contribution in [3.8, 4) is 0 Å². The summed E-state index contributed by atoms with van der Waals surface area (Å²) >= 11 is 0. The predicted molar refractivity (Wildman–Crippen MR) is 119 cm³/mol. The maximum absolute atomic E-state index is 14.8. The van der Waals surface area contributed by atoms with Crippen molar-refractivity contribution in [3.63, 3.8) is 0 Å². The average Bonchev–Trinajstić information content (AvgIpc) is 2.79. The molecule has 3 aromatic rings. The van der Waals surface area contributed by atoms with Crippen LogP contribution in [0.4, 0.5) is 24.7 Å². The molecule has 1 aliphatic heterocycles. The number of rotatable bonds is 6. The summed E-state index contributed by atoms with van der Waals surface area (Å²) < 4.78 is 43.3. The molecule has 1 fully saturated rings. The molecule has 7 nitrogen and oxygen atoms in total. The molecule has 1 unspecified atom stereocenters. The minimum Gasteiger partial charge on any atom is -0.393 e. The molecular formula is C23H26F3N5O2. The van der Waals surface area contributed by atoms with Crippen LogP contribution in [0.2, 0.25) is 0 Å². The number of alkyl halides is 2. The molecule has 10 heteroatoms. The van der Waals surface area contributed by atoms with Gasteiger partial charge in [-0.05, 0) is 38.8 Å². The van der Waals surface area contributed by atoms with E-state index < -0.39 is 23.4 Å². The number of fused-ring (bicyclic) bond motifs is 1. The van der Waals surface area contributed by atoms with Gasteiger partial charge in [0, 0.05) is 30.6 Å². The number of aryl methyl sites for hydroxylation is 1. The Labute approximate surface area is 189 Å². The van der Waals surface area contributed by atoms with E-state index in [-0.39, 0.29) is 18.2 Å². The summed E-state index contributed by atoms with van der Waals surface area (Å²) in [5.74, 6) is -4.43. The Morgan fingerprint density at radius 1 is 1.24 bits per heavy atom. The van der Waals surface area contributed by atoms with E-state index in [2.05, 4.69) is 25.4 Å². The standard InChI is InChI=1S/C23H26F3N5O2/c1-13-21-18(10-16(12-27-21)31-8-6-17(33)7-9-31)22(30-29-13)28-11-15-4-3-5-19(20(15)24)23(25,26)14(2)32/h3-5,10,12,14,17,32-33H,6-9,11H2,1-2H3,(H,28,30). The molecule has 0 radical (unpaired) electrons. The highest BCUT2D eigenvalue weighted by Gasteiger charge is 2.40. The molecule has 3 N–H and O–H groups in total. The topological polar surface area (TPSA) is 94.4 Å². The Bertz CT molecular complexity index is 1150. The molecule has 0 aliphatic carbocycles. The summed E-state index contributed by atoms with van der Waals surface area (Å²) in [6.45, 7) is 3.99. The highest BCUT2D eigenvalue weighted by atomic mass is 19.3. The zero-order chi connectivity index (χ0) is 23.8. The maximum Gasteiger partial charge on any atom is 0.301 e. The highest BCUT2D eigenvalue weighted by molar-refractivity contribution is 5.92. The van der Waals surface area contributed by atoms with Crippen LogP contribution in [0.1, 0.15) is 36.6 Å². The van der Waals surface area contributed by atoms with Crippen molar-refractivity contribution in [2.24, 2.45) is 0 Å². The van der Waals surface area contributed by atoms with Crippen LogP contribution in [-0.4, -0.2) is 50.7 Å². The van der Waals surface area contributed by atoms with Gasteiger partial charge in [0.05, 0.1) is 34.8 Å². The summed E-state index contributed by atoms with van der Waals surface area (Å²) in [7, 11) is 0. The van der Waals surface area contributed by atoms with Crippen LogP contribution < -0.4 is 10.2 Å². The van der Waals surface area contributed by atoms with Crippen LogP contribution in [0.5, 0.6) is 0 Å². The van der Waals surface area contributed by atoms with E-state index in [0.717, 1.165) is 18.7 Å². The highest BCUT2D eigenvalue weighted by Crippen LogP contribution is 2.35. The third kappa shape index (κ3) is 4.58. The fraction of sp³-hybridized carbons (Fsp3) is 0.435. The summed E-state index contributed by atoms with van der Waals surface area (Å²) in [5, 5.41) is 31.1. The fourth-order valence-electron chi connectivity index (χ4n) is 3.95. The van der Waals surface area contributed by atoms with Crippen molar-refractivity contribution in [1.29, 1.82) is 0 Å². The molecule has 3 heterocycles. The number of hydrogen-bond acceptors (Lipinski definition) is 7. The van der Waals surface area contributed by atoms with E-state index in [4.69, 9.17) is 0 Å². The van der Waals surface area contributed by atoms with Crippen LogP contribution in [-0.2, 0) is 12.5 Å². The Hall–Kier alpha value is -2.98. The number of piperidine rings is 1. The van der Waals surface area contributed by atoms with Gasteiger partial charge in [-0.1, -0.05) is 12.1 Å². The number of pyridine rings is 1. The number of aliphatic hydroxyl groups excluding tert-OH is 2. The second-order valence-corrected chi connectivity index (χ2v) is 8.37. The van der Waals surface area contributed by atoms with Crippen LogP contribution >= 0.6 is 0 Å². The Balaban J connectivity index is 1.63. The van der Waals surface area contributed by atoms with E-state index in [0.29, 0.717) is 48.3 Å². The smallest absolute Gasteiger partial charge is 0.301 e. The van der Waals surface area contributed by atoms with E-state index in [1.807, 2.05) is 6.07 Å². The lowest BCUT2D eigenvalue weighted by Crippen LogP contribution is -2.35. The molecule has 33 heavy (non-hydrogen) atoms. The number of halogens is 3. The number of nitrogens with one attached hydrogen (secondary N) is 1. The van der Waals surface area contributed by atoms with Crippen LogP contribution in [0.15, 0.2) is 30.5 Å². The Morgan fingerprint density at radius 2 is 1.97 bits per heavy atom. The third-order valence-electron chi connectivity index (χ3n) is 6.01. The normalized spacial score (nSPS) is 16.3. The summed E-state index contributed by atoms with van der Waals surface area (Å²) in [4.78, 5) is 6.65.